The van der Waals surface area contributed by atoms with Crippen LogP contribution >= 0.6 is 33.9 Å². The van der Waals surface area contributed by atoms with E-state index in [4.69, 9.17) is 50.1 Å². The van der Waals surface area contributed by atoms with Crippen molar-refractivity contribution >= 4 is 53.9 Å². The van der Waals surface area contributed by atoms with Crippen molar-refractivity contribution in [1.82, 2.24) is 0 Å². The van der Waals surface area contributed by atoms with E-state index < -0.39 is 32.1 Å². The summed E-state index contributed by atoms with van der Waals surface area (Å²) in [4.78, 5) is 10.6. The third-order valence-electron chi connectivity index (χ3n) is 3.55. The van der Waals surface area contributed by atoms with Crippen LogP contribution in [0.5, 0.6) is 0 Å². The minimum absolute atomic E-state index is 0. The van der Waals surface area contributed by atoms with E-state index in [-0.39, 0.29) is 26.7 Å². The highest BCUT2D eigenvalue weighted by Gasteiger charge is 2.27. The van der Waals surface area contributed by atoms with Gasteiger partial charge in [-0.3, -0.25) is 4.79 Å². The smallest absolute Gasteiger partial charge is 0.266 e. The van der Waals surface area contributed by atoms with Crippen LogP contribution in [0.4, 0.5) is 18.9 Å². The lowest BCUT2D eigenvalue weighted by Gasteiger charge is -2.33. The Kier molecular flexibility index (Phi) is 10.1. The van der Waals surface area contributed by atoms with Crippen molar-refractivity contribution in [3.8, 4) is 0 Å². The van der Waals surface area contributed by atoms with E-state index in [1.165, 1.54) is 18.2 Å². The fraction of sp³-hybridized carbons (Fsp3) is 0.278. The molecule has 0 spiro atoms. The molecule has 2 aromatic rings. The Balaban J connectivity index is 0.000000250. The van der Waals surface area contributed by atoms with Crippen LogP contribution in [-0.2, 0) is 13.8 Å². The lowest BCUT2D eigenvalue weighted by Crippen LogP contribution is -2.54. The summed E-state index contributed by atoms with van der Waals surface area (Å²) < 4.78 is 62.9. The number of nitrogens with two attached hydrogens (primary N) is 2. The van der Waals surface area contributed by atoms with Crippen LogP contribution in [0.1, 0.15) is 29.3 Å². The Bertz CT molecular complexity index is 1030. The van der Waals surface area contributed by atoms with Crippen LogP contribution in [0.15, 0.2) is 41.3 Å². The standard InChI is InChI=1S/C7H3Cl3O3S.C7H6F3N.C4H9NO/c8-6-2-1-4(14(10,12)13)3-5(6)7(9)11;8-6-2-1-4(11)3-5(6)7(9)10;1-4(5)2-6-3-4/h1-3H;1-3,7H,11H2;2-3,5H2,1H3. The third-order valence-corrected chi connectivity index (χ3v) is 5.43. The Hall–Kier alpha value is -1.56. The summed E-state index contributed by atoms with van der Waals surface area (Å²) in [6.45, 7) is 3.44. The maximum absolute atomic E-state index is 12.5. The molecule has 0 amide bonds. The van der Waals surface area contributed by atoms with Gasteiger partial charge in [-0.05, 0) is 54.9 Å². The molecule has 172 valence electrons. The molecule has 0 radical (unpaired) electrons. The normalized spacial score (nSPS) is 14.5. The minimum atomic E-state index is -3.87. The molecule has 0 saturated carbocycles. The number of hydrogen-bond donors (Lipinski definition) is 2. The summed E-state index contributed by atoms with van der Waals surface area (Å²) in [6.07, 6.45) is -2.81. The van der Waals surface area contributed by atoms with Crippen LogP contribution in [0.25, 0.3) is 0 Å². The van der Waals surface area contributed by atoms with Crippen molar-refractivity contribution in [2.75, 3.05) is 18.9 Å². The molecular weight excluding hydrogens is 504 g/mol. The van der Waals surface area contributed by atoms with Gasteiger partial charge in [0.1, 0.15) is 5.82 Å². The Morgan fingerprint density at radius 1 is 1.19 bits per heavy atom. The van der Waals surface area contributed by atoms with E-state index in [1.807, 2.05) is 6.92 Å². The molecule has 2 aromatic carbocycles. The molecule has 31 heavy (non-hydrogen) atoms. The maximum atomic E-state index is 12.5. The molecule has 0 aliphatic carbocycles. The number of anilines is 1. The van der Waals surface area contributed by atoms with Crippen molar-refractivity contribution in [2.45, 2.75) is 23.8 Å². The second-order valence-electron chi connectivity index (χ2n) is 6.58. The third kappa shape index (κ3) is 9.22. The molecule has 4 N–H and O–H groups in total. The highest BCUT2D eigenvalue weighted by Crippen LogP contribution is 2.24. The quantitative estimate of drug-likeness (QED) is 0.446. The second kappa shape index (κ2) is 11.3. The van der Waals surface area contributed by atoms with Gasteiger partial charge in [-0.25, -0.2) is 21.6 Å². The fourth-order valence-electron chi connectivity index (χ4n) is 1.96. The van der Waals surface area contributed by atoms with Gasteiger partial charge in [0.25, 0.3) is 20.7 Å². The number of hydrogen-bond acceptors (Lipinski definition) is 6. The first-order valence-electron chi connectivity index (χ1n) is 8.28. The molecule has 1 aliphatic rings. The number of alkyl halides is 2. The number of benzene rings is 2. The lowest BCUT2D eigenvalue weighted by atomic mass is 10.0. The Morgan fingerprint density at radius 2 is 1.74 bits per heavy atom. The summed E-state index contributed by atoms with van der Waals surface area (Å²) in [5.41, 5.74) is 10.1. The maximum Gasteiger partial charge on any atom is 0.266 e. The highest BCUT2D eigenvalue weighted by molar-refractivity contribution is 8.13. The molecule has 0 atom stereocenters. The summed E-state index contributed by atoms with van der Waals surface area (Å²) in [6, 6.07) is 6.55. The number of carbonyl (C=O) groups is 1. The van der Waals surface area contributed by atoms with Gasteiger partial charge in [-0.2, -0.15) is 0 Å². The number of rotatable bonds is 3. The average molecular weight is 522 g/mol. The van der Waals surface area contributed by atoms with E-state index in [2.05, 4.69) is 0 Å². The van der Waals surface area contributed by atoms with E-state index in [9.17, 15) is 26.4 Å². The molecule has 13 heteroatoms. The Labute approximate surface area is 191 Å². The van der Waals surface area contributed by atoms with Crippen LogP contribution in [0.3, 0.4) is 0 Å². The topological polar surface area (TPSA) is 112 Å². The Morgan fingerprint density at radius 3 is 2.10 bits per heavy atom. The number of carbonyl (C=O) groups excluding carboxylic acids is 1. The largest absolute Gasteiger partial charge is 0.399 e. The SMILES string of the molecule is CC1(N)COC1.Nc1ccc(F)c(C(F)F)c1.O=C(Cl)c1cc(S(=O)(=O)Cl)ccc1Cl. The van der Waals surface area contributed by atoms with Gasteiger partial charge in [-0.15, -0.1) is 0 Å². The number of halogens is 6. The second-order valence-corrected chi connectivity index (χ2v) is 9.90. The van der Waals surface area contributed by atoms with Crippen molar-refractivity contribution in [3.05, 3.63) is 58.4 Å². The average Bonchev–Trinajstić information content (AvgIpc) is 2.62. The van der Waals surface area contributed by atoms with Crippen molar-refractivity contribution in [2.24, 2.45) is 5.73 Å². The van der Waals surface area contributed by atoms with Gasteiger partial charge in [0.2, 0.25) is 0 Å². The van der Waals surface area contributed by atoms with Gasteiger partial charge in [0.15, 0.2) is 0 Å². The van der Waals surface area contributed by atoms with Crippen LogP contribution in [-0.4, -0.2) is 32.4 Å². The summed E-state index contributed by atoms with van der Waals surface area (Å²) in [5.74, 6) is -0.922. The van der Waals surface area contributed by atoms with Gasteiger partial charge < -0.3 is 16.2 Å². The minimum Gasteiger partial charge on any atom is -0.399 e. The molecule has 6 nitrogen and oxygen atoms in total. The van der Waals surface area contributed by atoms with Crippen LogP contribution < -0.4 is 11.5 Å². The highest BCUT2D eigenvalue weighted by atomic mass is 35.7. The van der Waals surface area contributed by atoms with Crippen LogP contribution in [0.2, 0.25) is 5.02 Å². The molecule has 0 aromatic heterocycles. The van der Waals surface area contributed by atoms with Gasteiger partial charge in [0, 0.05) is 16.4 Å². The predicted molar refractivity (Wildman–Crippen MR) is 114 cm³/mol. The molecular formula is C18H18Cl3F3N2O4S. The van der Waals surface area contributed by atoms with Gasteiger partial charge >= 0.3 is 0 Å². The summed E-state index contributed by atoms with van der Waals surface area (Å²) in [5, 5.41) is -0.758. The lowest BCUT2D eigenvalue weighted by molar-refractivity contribution is -0.0433. The molecule has 3 rings (SSSR count). The van der Waals surface area contributed by atoms with E-state index >= 15 is 0 Å². The van der Waals surface area contributed by atoms with Gasteiger partial charge in [-0.1, -0.05) is 11.6 Å². The first-order valence-corrected chi connectivity index (χ1v) is 11.3. The first kappa shape index (κ1) is 27.5. The molecule has 1 aliphatic heterocycles. The molecule has 1 heterocycles. The molecule has 1 fully saturated rings. The van der Waals surface area contributed by atoms with E-state index in [1.54, 1.807) is 0 Å². The van der Waals surface area contributed by atoms with Crippen molar-refractivity contribution in [3.63, 3.8) is 0 Å². The zero-order valence-electron chi connectivity index (χ0n) is 15.9. The fourth-order valence-corrected chi connectivity index (χ4v) is 3.15. The van der Waals surface area contributed by atoms with Crippen molar-refractivity contribution in [1.29, 1.82) is 0 Å². The van der Waals surface area contributed by atoms with Crippen molar-refractivity contribution < 1.29 is 31.1 Å². The predicted octanol–water partition coefficient (Wildman–Crippen LogP) is 4.73. The molecule has 0 bridgehead atoms. The molecule has 1 saturated heterocycles. The van der Waals surface area contributed by atoms with E-state index in [0.29, 0.717) is 0 Å². The number of nitrogen functional groups attached to an aromatic ring is 1. The monoisotopic (exact) mass is 520 g/mol. The van der Waals surface area contributed by atoms with E-state index in [0.717, 1.165) is 31.4 Å². The zero-order chi connectivity index (χ0) is 24.0. The first-order chi connectivity index (χ1) is 14.1. The molecule has 0 unspecified atom stereocenters. The summed E-state index contributed by atoms with van der Waals surface area (Å²) >= 11 is 10.8. The van der Waals surface area contributed by atoms with Crippen LogP contribution in [0, 0.1) is 5.82 Å². The zero-order valence-corrected chi connectivity index (χ0v) is 19.0. The number of ether oxygens (including phenoxy) is 1. The van der Waals surface area contributed by atoms with Gasteiger partial charge in [0.05, 0.1) is 39.8 Å². The summed E-state index contributed by atoms with van der Waals surface area (Å²) in [7, 11) is 1.19.